The molecule has 1 N–H and O–H groups in total. The Morgan fingerprint density at radius 1 is 1.20 bits per heavy atom. The van der Waals surface area contributed by atoms with E-state index in [4.69, 9.17) is 9.26 Å². The lowest BCUT2D eigenvalue weighted by atomic mass is 9.90. The Morgan fingerprint density at radius 3 is 2.63 bits per heavy atom. The van der Waals surface area contributed by atoms with Crippen molar-refractivity contribution in [2.24, 2.45) is 0 Å². The highest BCUT2D eigenvalue weighted by Crippen LogP contribution is 2.40. The van der Waals surface area contributed by atoms with Gasteiger partial charge >= 0.3 is 12.0 Å². The van der Waals surface area contributed by atoms with E-state index in [1.54, 1.807) is 6.92 Å². The Balaban J connectivity index is 1.84. The quantitative estimate of drug-likeness (QED) is 0.634. The average Bonchev–Trinajstić information content (AvgIpc) is 3.07. The van der Waals surface area contributed by atoms with E-state index < -0.39 is 12.0 Å². The Labute approximate surface area is 174 Å². The van der Waals surface area contributed by atoms with Gasteiger partial charge in [-0.05, 0) is 44.0 Å². The lowest BCUT2D eigenvalue weighted by Crippen LogP contribution is -2.45. The van der Waals surface area contributed by atoms with Gasteiger partial charge in [0.2, 0.25) is 0 Å². The molecule has 0 saturated carbocycles. The van der Waals surface area contributed by atoms with E-state index in [1.165, 1.54) is 4.90 Å². The number of nitrogens with zero attached hydrogens (tertiary/aromatic N) is 2. The van der Waals surface area contributed by atoms with Crippen LogP contribution in [0.3, 0.4) is 0 Å². The molecule has 1 aliphatic heterocycles. The topological polar surface area (TPSA) is 84.7 Å². The van der Waals surface area contributed by atoms with Gasteiger partial charge in [0.05, 0.1) is 18.3 Å². The van der Waals surface area contributed by atoms with E-state index in [0.717, 1.165) is 33.7 Å². The first-order valence-electron chi connectivity index (χ1n) is 9.85. The molecule has 0 radical (unpaired) electrons. The number of aryl methyl sites for hydroxylation is 2. The zero-order chi connectivity index (χ0) is 21.3. The van der Waals surface area contributed by atoms with Crippen molar-refractivity contribution in [3.63, 3.8) is 0 Å². The normalized spacial score (nSPS) is 15.5. The monoisotopic (exact) mass is 405 g/mol. The van der Waals surface area contributed by atoms with Crippen molar-refractivity contribution < 1.29 is 18.8 Å². The number of fused-ring (bicyclic) bond motifs is 1. The van der Waals surface area contributed by atoms with Crippen LogP contribution in [0.2, 0.25) is 0 Å². The molecule has 2 heterocycles. The van der Waals surface area contributed by atoms with Crippen molar-refractivity contribution in [3.8, 4) is 11.1 Å². The van der Waals surface area contributed by atoms with E-state index in [1.807, 2.05) is 62.4 Å². The highest BCUT2D eigenvalue weighted by Gasteiger charge is 2.35. The summed E-state index contributed by atoms with van der Waals surface area (Å²) < 4.78 is 10.4. The van der Waals surface area contributed by atoms with Crippen LogP contribution in [0, 0.1) is 13.8 Å². The molecule has 7 heteroatoms. The van der Waals surface area contributed by atoms with Crippen LogP contribution in [0.4, 0.5) is 10.5 Å². The fourth-order valence-corrected chi connectivity index (χ4v) is 3.93. The molecule has 0 fully saturated rings. The van der Waals surface area contributed by atoms with Gasteiger partial charge in [0, 0.05) is 16.8 Å². The molecule has 154 valence electrons. The standard InChI is InChI=1S/C23H23N3O4/c1-4-29-20(27)13-26-22(16-8-6-5-7-9-16)18-12-17(10-11-19(18)24-23(26)28)21-14(2)25-30-15(21)3/h5-12,22H,4,13H2,1-3H3,(H,24,28). The zero-order valence-corrected chi connectivity index (χ0v) is 17.1. The molecule has 1 atom stereocenters. The summed E-state index contributed by atoms with van der Waals surface area (Å²) in [6, 6.07) is 14.7. The molecule has 0 spiro atoms. The number of esters is 1. The van der Waals surface area contributed by atoms with Crippen LogP contribution in [0.1, 0.15) is 35.5 Å². The van der Waals surface area contributed by atoms with Crippen molar-refractivity contribution in [1.29, 1.82) is 0 Å². The number of benzene rings is 2. The van der Waals surface area contributed by atoms with Crippen LogP contribution in [-0.4, -0.2) is 35.2 Å². The summed E-state index contributed by atoms with van der Waals surface area (Å²) in [5, 5.41) is 6.95. The summed E-state index contributed by atoms with van der Waals surface area (Å²) in [6.45, 7) is 5.63. The summed E-state index contributed by atoms with van der Waals surface area (Å²) in [7, 11) is 0. The number of carbonyl (C=O) groups excluding carboxylic acids is 2. The van der Waals surface area contributed by atoms with Gasteiger partial charge in [0.25, 0.3) is 0 Å². The summed E-state index contributed by atoms with van der Waals surface area (Å²) in [6.07, 6.45) is 0. The van der Waals surface area contributed by atoms with E-state index in [0.29, 0.717) is 5.69 Å². The minimum atomic E-state index is -0.445. The van der Waals surface area contributed by atoms with Gasteiger partial charge in [0.15, 0.2) is 0 Å². The van der Waals surface area contributed by atoms with Gasteiger partial charge < -0.3 is 19.5 Å². The second kappa shape index (κ2) is 8.02. The maximum Gasteiger partial charge on any atom is 0.325 e. The van der Waals surface area contributed by atoms with Crippen LogP contribution >= 0.6 is 0 Å². The molecule has 4 rings (SSSR count). The first kappa shape index (κ1) is 19.7. The molecule has 7 nitrogen and oxygen atoms in total. The van der Waals surface area contributed by atoms with E-state index in [9.17, 15) is 9.59 Å². The molecular formula is C23H23N3O4. The lowest BCUT2D eigenvalue weighted by molar-refractivity contribution is -0.144. The molecule has 2 aromatic carbocycles. The third-order valence-corrected chi connectivity index (χ3v) is 5.20. The Bertz CT molecular complexity index is 1070. The third kappa shape index (κ3) is 3.54. The second-order valence-electron chi connectivity index (χ2n) is 7.18. The van der Waals surface area contributed by atoms with Gasteiger partial charge in [-0.15, -0.1) is 0 Å². The summed E-state index contributed by atoms with van der Waals surface area (Å²) in [5.74, 6) is 0.283. The number of anilines is 1. The Morgan fingerprint density at radius 2 is 1.97 bits per heavy atom. The summed E-state index contributed by atoms with van der Waals surface area (Å²) in [4.78, 5) is 26.6. The van der Waals surface area contributed by atoms with Crippen molar-refractivity contribution >= 4 is 17.7 Å². The Hall–Kier alpha value is -3.61. The maximum absolute atomic E-state index is 12.9. The van der Waals surface area contributed by atoms with Gasteiger partial charge in [-0.25, -0.2) is 4.79 Å². The maximum atomic E-state index is 12.9. The Kier molecular flexibility index (Phi) is 5.27. The minimum absolute atomic E-state index is 0.145. The molecule has 2 amide bonds. The minimum Gasteiger partial charge on any atom is -0.465 e. The van der Waals surface area contributed by atoms with Crippen molar-refractivity contribution in [1.82, 2.24) is 10.1 Å². The molecule has 1 unspecified atom stereocenters. The predicted molar refractivity (Wildman–Crippen MR) is 112 cm³/mol. The van der Waals surface area contributed by atoms with Crippen molar-refractivity contribution in [3.05, 3.63) is 71.1 Å². The highest BCUT2D eigenvalue weighted by atomic mass is 16.5. The van der Waals surface area contributed by atoms with Crippen LogP contribution < -0.4 is 5.32 Å². The van der Waals surface area contributed by atoms with Crippen molar-refractivity contribution in [2.45, 2.75) is 26.8 Å². The van der Waals surface area contributed by atoms with E-state index in [-0.39, 0.29) is 19.2 Å². The third-order valence-electron chi connectivity index (χ3n) is 5.20. The van der Waals surface area contributed by atoms with Gasteiger partial charge in [-0.1, -0.05) is 41.6 Å². The lowest BCUT2D eigenvalue weighted by Gasteiger charge is -2.37. The molecular weight excluding hydrogens is 382 g/mol. The highest BCUT2D eigenvalue weighted by molar-refractivity contribution is 5.96. The second-order valence-corrected chi connectivity index (χ2v) is 7.18. The SMILES string of the molecule is CCOC(=O)CN1C(=O)Nc2ccc(-c3c(C)noc3C)cc2C1c1ccccc1. The number of urea groups is 1. The van der Waals surface area contributed by atoms with E-state index in [2.05, 4.69) is 10.5 Å². The van der Waals surface area contributed by atoms with Gasteiger partial charge in [0.1, 0.15) is 12.3 Å². The predicted octanol–water partition coefficient (Wildman–Crippen LogP) is 4.46. The number of carbonyl (C=O) groups is 2. The number of hydrogen-bond acceptors (Lipinski definition) is 5. The number of rotatable bonds is 5. The number of aromatic nitrogens is 1. The molecule has 0 bridgehead atoms. The molecule has 1 aromatic heterocycles. The van der Waals surface area contributed by atoms with Crippen LogP contribution in [0.5, 0.6) is 0 Å². The summed E-state index contributed by atoms with van der Waals surface area (Å²) in [5.41, 5.74) is 5.18. The number of amides is 2. The van der Waals surface area contributed by atoms with Crippen molar-refractivity contribution in [2.75, 3.05) is 18.5 Å². The number of ether oxygens (including phenoxy) is 1. The average molecular weight is 405 g/mol. The first-order chi connectivity index (χ1) is 14.5. The molecule has 0 saturated heterocycles. The smallest absolute Gasteiger partial charge is 0.325 e. The molecule has 1 aliphatic rings. The largest absolute Gasteiger partial charge is 0.465 e. The van der Waals surface area contributed by atoms with E-state index >= 15 is 0 Å². The number of nitrogens with one attached hydrogen (secondary N) is 1. The zero-order valence-electron chi connectivity index (χ0n) is 17.1. The first-order valence-corrected chi connectivity index (χ1v) is 9.85. The molecule has 30 heavy (non-hydrogen) atoms. The number of hydrogen-bond donors (Lipinski definition) is 1. The van der Waals surface area contributed by atoms with Gasteiger partial charge in [-0.2, -0.15) is 0 Å². The molecule has 3 aromatic rings. The summed E-state index contributed by atoms with van der Waals surface area (Å²) >= 11 is 0. The van der Waals surface area contributed by atoms with Crippen LogP contribution in [-0.2, 0) is 9.53 Å². The molecule has 0 aliphatic carbocycles. The van der Waals surface area contributed by atoms with Crippen LogP contribution in [0.15, 0.2) is 53.1 Å². The van der Waals surface area contributed by atoms with Gasteiger partial charge in [-0.3, -0.25) is 4.79 Å². The fraction of sp³-hybridized carbons (Fsp3) is 0.261. The fourth-order valence-electron chi connectivity index (χ4n) is 3.93. The van der Waals surface area contributed by atoms with Crippen LogP contribution in [0.25, 0.3) is 11.1 Å².